The van der Waals surface area contributed by atoms with Crippen LogP contribution in [0.5, 0.6) is 5.75 Å². The summed E-state index contributed by atoms with van der Waals surface area (Å²) in [5, 5.41) is 8.04. The second-order valence-corrected chi connectivity index (χ2v) is 12.2. The molecule has 1 nitrogen and oxygen atoms in total. The van der Waals surface area contributed by atoms with Crippen LogP contribution in [0, 0.1) is 0 Å². The quantitative estimate of drug-likeness (QED) is 0.124. The maximum absolute atomic E-state index is 6.14. The normalized spacial score (nSPS) is 11.8. The molecule has 200 valence electrons. The van der Waals surface area contributed by atoms with Crippen LogP contribution in [-0.2, 0) is 6.42 Å². The fourth-order valence-electron chi connectivity index (χ4n) is 5.72. The van der Waals surface area contributed by atoms with Crippen molar-refractivity contribution in [2.24, 2.45) is 0 Å². The zero-order valence-electron chi connectivity index (χ0n) is 23.5. The van der Waals surface area contributed by atoms with E-state index in [-0.39, 0.29) is 0 Å². The minimum Gasteiger partial charge on any atom is -0.494 e. The smallest absolute Gasteiger partial charge is 0.119 e. The van der Waals surface area contributed by atoms with Gasteiger partial charge in [-0.3, -0.25) is 0 Å². The van der Waals surface area contributed by atoms with Crippen molar-refractivity contribution in [2.75, 3.05) is 6.61 Å². The monoisotopic (exact) mass is 524 g/mol. The Hall–Kier alpha value is -2.58. The van der Waals surface area contributed by atoms with Crippen molar-refractivity contribution in [1.29, 1.82) is 0 Å². The Kier molecular flexibility index (Phi) is 9.57. The molecular weight excluding hydrogens is 480 g/mol. The topological polar surface area (TPSA) is 9.23 Å². The van der Waals surface area contributed by atoms with Crippen molar-refractivity contribution in [2.45, 2.75) is 97.3 Å². The standard InChI is InChI=1S/C36H44OS/c1-3-5-7-9-10-11-12-14-20-37-32-19-18-29-24-34-33-23-28-17-16-27(15-13-8-6-4-2)21-30(28)25-35(33)38-36(34)26-31(29)22-32/h16-19,21-26H,3-15,20H2,1-2H3. The predicted molar refractivity (Wildman–Crippen MR) is 170 cm³/mol. The van der Waals surface area contributed by atoms with Gasteiger partial charge in [0.1, 0.15) is 5.75 Å². The number of rotatable bonds is 15. The third-order valence-corrected chi connectivity index (χ3v) is 9.12. The Morgan fingerprint density at radius 1 is 0.526 bits per heavy atom. The average molecular weight is 525 g/mol. The highest BCUT2D eigenvalue weighted by Crippen LogP contribution is 2.39. The van der Waals surface area contributed by atoms with E-state index in [2.05, 4.69) is 74.5 Å². The van der Waals surface area contributed by atoms with Crippen molar-refractivity contribution in [3.63, 3.8) is 0 Å². The van der Waals surface area contributed by atoms with Crippen LogP contribution in [0.25, 0.3) is 41.7 Å². The van der Waals surface area contributed by atoms with Crippen LogP contribution in [0.3, 0.4) is 0 Å². The van der Waals surface area contributed by atoms with E-state index >= 15 is 0 Å². The minimum absolute atomic E-state index is 0.818. The third kappa shape index (κ3) is 6.70. The first-order valence-corrected chi connectivity index (χ1v) is 16.0. The number of unbranched alkanes of at least 4 members (excludes halogenated alkanes) is 10. The molecule has 0 atom stereocenters. The summed E-state index contributed by atoms with van der Waals surface area (Å²) in [6.45, 7) is 5.38. The van der Waals surface area contributed by atoms with Gasteiger partial charge in [-0.15, -0.1) is 11.3 Å². The molecular formula is C36H44OS. The van der Waals surface area contributed by atoms with Crippen molar-refractivity contribution >= 4 is 53.1 Å². The summed E-state index contributed by atoms with van der Waals surface area (Å²) in [7, 11) is 0. The summed E-state index contributed by atoms with van der Waals surface area (Å²) in [4.78, 5) is 0. The molecule has 5 rings (SSSR count). The molecule has 0 aliphatic rings. The Morgan fingerprint density at radius 2 is 1.11 bits per heavy atom. The first-order chi connectivity index (χ1) is 18.7. The number of ether oxygens (including phenoxy) is 1. The minimum atomic E-state index is 0.818. The molecule has 1 heterocycles. The number of hydrogen-bond acceptors (Lipinski definition) is 2. The van der Waals surface area contributed by atoms with Crippen LogP contribution in [0.4, 0.5) is 0 Å². The zero-order chi connectivity index (χ0) is 26.2. The maximum Gasteiger partial charge on any atom is 0.119 e. The van der Waals surface area contributed by atoms with E-state index in [0.29, 0.717) is 0 Å². The summed E-state index contributed by atoms with van der Waals surface area (Å²) in [6.07, 6.45) is 17.1. The highest BCUT2D eigenvalue weighted by molar-refractivity contribution is 7.26. The van der Waals surface area contributed by atoms with Gasteiger partial charge in [-0.1, -0.05) is 102 Å². The lowest BCUT2D eigenvalue weighted by molar-refractivity contribution is 0.304. The Bertz CT molecular complexity index is 1480. The highest BCUT2D eigenvalue weighted by atomic mass is 32.1. The fourth-order valence-corrected chi connectivity index (χ4v) is 6.88. The third-order valence-electron chi connectivity index (χ3n) is 8.01. The largest absolute Gasteiger partial charge is 0.494 e. The molecule has 5 aromatic rings. The summed E-state index contributed by atoms with van der Waals surface area (Å²) in [5.41, 5.74) is 1.47. The first kappa shape index (κ1) is 27.0. The zero-order valence-corrected chi connectivity index (χ0v) is 24.3. The molecule has 4 aromatic carbocycles. The SMILES string of the molecule is CCCCCCCCCCOc1ccc2cc3c(cc2c1)sc1cc2cc(CCCCCC)ccc2cc13. The number of aryl methyl sites for hydroxylation is 1. The van der Waals surface area contributed by atoms with Gasteiger partial charge in [0, 0.05) is 20.2 Å². The van der Waals surface area contributed by atoms with Crippen molar-refractivity contribution in [3.8, 4) is 5.75 Å². The molecule has 1 aromatic heterocycles. The average Bonchev–Trinajstić information content (AvgIpc) is 3.27. The molecule has 0 bridgehead atoms. The van der Waals surface area contributed by atoms with Gasteiger partial charge in [-0.05, 0) is 82.8 Å². The van der Waals surface area contributed by atoms with Gasteiger partial charge in [-0.25, -0.2) is 0 Å². The summed E-state index contributed by atoms with van der Waals surface area (Å²) in [5.74, 6) is 0.998. The summed E-state index contributed by atoms with van der Waals surface area (Å²) in [6, 6.07) is 23.2. The fraction of sp³-hybridized carbons (Fsp3) is 0.444. The molecule has 0 amide bonds. The Morgan fingerprint density at radius 3 is 1.79 bits per heavy atom. The lowest BCUT2D eigenvalue weighted by atomic mass is 10.00. The van der Waals surface area contributed by atoms with Crippen LogP contribution >= 0.6 is 11.3 Å². The van der Waals surface area contributed by atoms with Gasteiger partial charge in [0.25, 0.3) is 0 Å². The van der Waals surface area contributed by atoms with Gasteiger partial charge in [0.15, 0.2) is 0 Å². The lowest BCUT2D eigenvalue weighted by Gasteiger charge is -2.08. The molecule has 0 spiro atoms. The molecule has 0 saturated carbocycles. The second kappa shape index (κ2) is 13.5. The predicted octanol–water partition coefficient (Wildman–Crippen LogP) is 12.0. The first-order valence-electron chi connectivity index (χ1n) is 15.2. The number of thiophene rings is 1. The van der Waals surface area contributed by atoms with Crippen LogP contribution in [0.1, 0.15) is 96.5 Å². The Balaban J connectivity index is 1.27. The second-order valence-electron chi connectivity index (χ2n) is 11.1. The Labute approximate surface area is 233 Å². The van der Waals surface area contributed by atoms with E-state index in [9.17, 15) is 0 Å². The molecule has 0 aliphatic heterocycles. The molecule has 0 N–H and O–H groups in total. The van der Waals surface area contributed by atoms with Gasteiger partial charge in [-0.2, -0.15) is 0 Å². The van der Waals surface area contributed by atoms with Crippen LogP contribution in [0.2, 0.25) is 0 Å². The molecule has 2 heteroatoms. The lowest BCUT2D eigenvalue weighted by Crippen LogP contribution is -1.97. The molecule has 0 unspecified atom stereocenters. The summed E-state index contributed by atoms with van der Waals surface area (Å²) >= 11 is 1.92. The van der Waals surface area contributed by atoms with Gasteiger partial charge < -0.3 is 4.74 Å². The van der Waals surface area contributed by atoms with E-state index in [0.717, 1.165) is 18.8 Å². The van der Waals surface area contributed by atoms with E-state index < -0.39 is 0 Å². The van der Waals surface area contributed by atoms with E-state index in [1.165, 1.54) is 124 Å². The molecule has 0 aliphatic carbocycles. The summed E-state index contributed by atoms with van der Waals surface area (Å²) < 4.78 is 8.89. The molecule has 38 heavy (non-hydrogen) atoms. The number of fused-ring (bicyclic) bond motifs is 5. The van der Waals surface area contributed by atoms with Gasteiger partial charge in [0.05, 0.1) is 6.61 Å². The van der Waals surface area contributed by atoms with Crippen molar-refractivity contribution < 1.29 is 4.74 Å². The number of hydrogen-bond donors (Lipinski definition) is 0. The van der Waals surface area contributed by atoms with Crippen LogP contribution < -0.4 is 4.74 Å². The molecule has 0 saturated heterocycles. The van der Waals surface area contributed by atoms with E-state index in [4.69, 9.17) is 4.74 Å². The number of benzene rings is 4. The van der Waals surface area contributed by atoms with Crippen LogP contribution in [-0.4, -0.2) is 6.61 Å². The highest BCUT2D eigenvalue weighted by Gasteiger charge is 2.10. The molecule has 0 fully saturated rings. The maximum atomic E-state index is 6.14. The van der Waals surface area contributed by atoms with Gasteiger partial charge >= 0.3 is 0 Å². The van der Waals surface area contributed by atoms with E-state index in [1.807, 2.05) is 11.3 Å². The van der Waals surface area contributed by atoms with Crippen molar-refractivity contribution in [1.82, 2.24) is 0 Å². The van der Waals surface area contributed by atoms with Crippen molar-refractivity contribution in [3.05, 3.63) is 66.2 Å². The van der Waals surface area contributed by atoms with Gasteiger partial charge in [0.2, 0.25) is 0 Å². The van der Waals surface area contributed by atoms with Crippen LogP contribution in [0.15, 0.2) is 60.7 Å². The van der Waals surface area contributed by atoms with E-state index in [1.54, 1.807) is 0 Å². The molecule has 0 radical (unpaired) electrons.